The van der Waals surface area contributed by atoms with E-state index in [9.17, 15) is 4.39 Å². The maximum Gasteiger partial charge on any atom is 0.123 e. The second-order valence-electron chi connectivity index (χ2n) is 7.65. The molecule has 0 bridgehead atoms. The van der Waals surface area contributed by atoms with Gasteiger partial charge in [-0.3, -0.25) is 0 Å². The third-order valence-electron chi connectivity index (χ3n) is 5.84. The van der Waals surface area contributed by atoms with Crippen molar-refractivity contribution in [2.24, 2.45) is 0 Å². The van der Waals surface area contributed by atoms with Crippen molar-refractivity contribution in [1.82, 2.24) is 0 Å². The van der Waals surface area contributed by atoms with Crippen molar-refractivity contribution < 1.29 is 4.39 Å². The zero-order valence-electron chi connectivity index (χ0n) is 15.5. The number of unbranched alkanes of at least 4 members (excludes halogenated alkanes) is 3. The molecule has 0 atom stereocenters. The van der Waals surface area contributed by atoms with Gasteiger partial charge in [0.15, 0.2) is 0 Å². The predicted molar refractivity (Wildman–Crippen MR) is 105 cm³/mol. The molecule has 1 saturated carbocycles. The molecule has 0 N–H and O–H groups in total. The van der Waals surface area contributed by atoms with Crippen LogP contribution in [0.15, 0.2) is 48.5 Å². The van der Waals surface area contributed by atoms with Crippen molar-refractivity contribution in [1.29, 1.82) is 0 Å². The third kappa shape index (κ3) is 5.17. The first-order valence-corrected chi connectivity index (χ1v) is 10.1. The molecule has 0 aromatic heterocycles. The maximum absolute atomic E-state index is 13.1. The molecule has 0 nitrogen and oxygen atoms in total. The summed E-state index contributed by atoms with van der Waals surface area (Å²) in [5.41, 5.74) is 4.30. The van der Waals surface area contributed by atoms with Crippen LogP contribution in [0.4, 0.5) is 4.39 Å². The average Bonchev–Trinajstić information content (AvgIpc) is 2.67. The standard InChI is InChI=1S/C24H31F/c1-2-3-4-5-6-19-7-9-20(10-8-19)21-11-13-22(14-12-21)23-15-17-24(25)18-16-23/h7-10,15-18,21-22H,2-6,11-14H2,1H3. The molecule has 25 heavy (non-hydrogen) atoms. The van der Waals surface area contributed by atoms with Gasteiger partial charge in [0.2, 0.25) is 0 Å². The van der Waals surface area contributed by atoms with E-state index in [0.29, 0.717) is 11.8 Å². The second kappa shape index (κ2) is 9.17. The molecule has 2 aromatic rings. The fourth-order valence-electron chi connectivity index (χ4n) is 4.21. The first-order valence-electron chi connectivity index (χ1n) is 10.1. The Bertz CT molecular complexity index is 618. The molecular weight excluding hydrogens is 307 g/mol. The van der Waals surface area contributed by atoms with E-state index in [2.05, 4.69) is 31.2 Å². The van der Waals surface area contributed by atoms with Crippen molar-refractivity contribution in [3.63, 3.8) is 0 Å². The summed E-state index contributed by atoms with van der Waals surface area (Å²) in [6, 6.07) is 16.5. The lowest BCUT2D eigenvalue weighted by molar-refractivity contribution is 0.396. The Balaban J connectivity index is 1.50. The molecule has 0 amide bonds. The van der Waals surface area contributed by atoms with Crippen LogP contribution in [0.2, 0.25) is 0 Å². The predicted octanol–water partition coefficient (Wildman–Crippen LogP) is 7.39. The Morgan fingerprint density at radius 3 is 1.76 bits per heavy atom. The molecule has 0 spiro atoms. The summed E-state index contributed by atoms with van der Waals surface area (Å²) in [7, 11) is 0. The van der Waals surface area contributed by atoms with Crippen LogP contribution < -0.4 is 0 Å². The lowest BCUT2D eigenvalue weighted by atomic mass is 9.76. The molecule has 1 fully saturated rings. The zero-order valence-corrected chi connectivity index (χ0v) is 15.5. The molecule has 0 saturated heterocycles. The van der Waals surface area contributed by atoms with Crippen molar-refractivity contribution >= 4 is 0 Å². The first kappa shape index (κ1) is 18.2. The Morgan fingerprint density at radius 1 is 0.720 bits per heavy atom. The Hall–Kier alpha value is -1.63. The molecule has 134 valence electrons. The zero-order chi connectivity index (χ0) is 17.5. The largest absolute Gasteiger partial charge is 0.207 e. The Labute approximate surface area is 152 Å². The van der Waals surface area contributed by atoms with Crippen molar-refractivity contribution in [3.05, 3.63) is 71.0 Å². The van der Waals surface area contributed by atoms with Crippen LogP contribution in [0, 0.1) is 5.82 Å². The van der Waals surface area contributed by atoms with Gasteiger partial charge in [0.1, 0.15) is 5.82 Å². The number of hydrogen-bond acceptors (Lipinski definition) is 0. The SMILES string of the molecule is CCCCCCc1ccc(C2CCC(c3ccc(F)cc3)CC2)cc1. The van der Waals surface area contributed by atoms with Gasteiger partial charge in [0.05, 0.1) is 0 Å². The highest BCUT2D eigenvalue weighted by atomic mass is 19.1. The molecule has 0 heterocycles. The second-order valence-corrected chi connectivity index (χ2v) is 7.65. The highest BCUT2D eigenvalue weighted by Crippen LogP contribution is 2.40. The number of hydrogen-bond donors (Lipinski definition) is 0. The van der Waals surface area contributed by atoms with E-state index in [-0.39, 0.29) is 5.82 Å². The molecule has 0 aliphatic heterocycles. The monoisotopic (exact) mass is 338 g/mol. The summed E-state index contributed by atoms with van der Waals surface area (Å²) >= 11 is 0. The molecule has 1 heteroatoms. The van der Waals surface area contributed by atoms with Gasteiger partial charge in [-0.25, -0.2) is 4.39 Å². The van der Waals surface area contributed by atoms with Gasteiger partial charge in [-0.2, -0.15) is 0 Å². The van der Waals surface area contributed by atoms with Gasteiger partial charge in [-0.15, -0.1) is 0 Å². The van der Waals surface area contributed by atoms with E-state index in [4.69, 9.17) is 0 Å². The van der Waals surface area contributed by atoms with Gasteiger partial charge in [-0.05, 0) is 79.2 Å². The van der Waals surface area contributed by atoms with Crippen LogP contribution in [-0.4, -0.2) is 0 Å². The number of rotatable bonds is 7. The molecule has 3 rings (SSSR count). The van der Waals surface area contributed by atoms with E-state index >= 15 is 0 Å². The van der Waals surface area contributed by atoms with Gasteiger partial charge >= 0.3 is 0 Å². The van der Waals surface area contributed by atoms with Crippen LogP contribution in [-0.2, 0) is 6.42 Å². The molecule has 2 aromatic carbocycles. The Morgan fingerprint density at radius 2 is 1.24 bits per heavy atom. The van der Waals surface area contributed by atoms with E-state index < -0.39 is 0 Å². The van der Waals surface area contributed by atoms with Crippen molar-refractivity contribution in [2.45, 2.75) is 76.5 Å². The highest BCUT2D eigenvalue weighted by Gasteiger charge is 2.23. The molecule has 1 aliphatic rings. The van der Waals surface area contributed by atoms with Gasteiger partial charge < -0.3 is 0 Å². The molecule has 0 unspecified atom stereocenters. The normalized spacial score (nSPS) is 20.6. The van der Waals surface area contributed by atoms with E-state index in [0.717, 1.165) is 0 Å². The fourth-order valence-corrected chi connectivity index (χ4v) is 4.21. The summed E-state index contributed by atoms with van der Waals surface area (Å²) in [5.74, 6) is 1.17. The number of aryl methyl sites for hydroxylation is 1. The van der Waals surface area contributed by atoms with Crippen LogP contribution in [0.1, 0.15) is 86.8 Å². The summed E-state index contributed by atoms with van der Waals surface area (Å²) in [4.78, 5) is 0. The van der Waals surface area contributed by atoms with Gasteiger partial charge in [0.25, 0.3) is 0 Å². The third-order valence-corrected chi connectivity index (χ3v) is 5.84. The topological polar surface area (TPSA) is 0 Å². The van der Waals surface area contributed by atoms with Crippen LogP contribution >= 0.6 is 0 Å². The summed E-state index contributed by atoms with van der Waals surface area (Å²) in [6.45, 7) is 2.26. The number of halogens is 1. The van der Waals surface area contributed by atoms with Crippen molar-refractivity contribution in [3.8, 4) is 0 Å². The highest BCUT2D eigenvalue weighted by molar-refractivity contribution is 5.27. The minimum atomic E-state index is -0.132. The van der Waals surface area contributed by atoms with E-state index in [1.165, 1.54) is 74.5 Å². The minimum Gasteiger partial charge on any atom is -0.207 e. The lowest BCUT2D eigenvalue weighted by Gasteiger charge is -2.29. The first-order chi connectivity index (χ1) is 12.3. The van der Waals surface area contributed by atoms with Crippen LogP contribution in [0.25, 0.3) is 0 Å². The van der Waals surface area contributed by atoms with Crippen molar-refractivity contribution in [2.75, 3.05) is 0 Å². The molecular formula is C24H31F. The van der Waals surface area contributed by atoms with Crippen LogP contribution in [0.5, 0.6) is 0 Å². The minimum absolute atomic E-state index is 0.132. The average molecular weight is 339 g/mol. The number of benzene rings is 2. The molecule has 0 radical (unpaired) electrons. The van der Waals surface area contributed by atoms with Gasteiger partial charge in [0, 0.05) is 0 Å². The van der Waals surface area contributed by atoms with E-state index in [1.807, 2.05) is 12.1 Å². The smallest absolute Gasteiger partial charge is 0.123 e. The Kier molecular flexibility index (Phi) is 6.67. The van der Waals surface area contributed by atoms with E-state index in [1.54, 1.807) is 12.1 Å². The quantitative estimate of drug-likeness (QED) is 0.462. The summed E-state index contributed by atoms with van der Waals surface area (Å²) < 4.78 is 13.1. The fraction of sp³-hybridized carbons (Fsp3) is 0.500. The van der Waals surface area contributed by atoms with Gasteiger partial charge in [-0.1, -0.05) is 62.6 Å². The summed E-state index contributed by atoms with van der Waals surface area (Å²) in [6.07, 6.45) is 11.5. The maximum atomic E-state index is 13.1. The summed E-state index contributed by atoms with van der Waals surface area (Å²) in [5, 5.41) is 0. The van der Waals surface area contributed by atoms with Crippen LogP contribution in [0.3, 0.4) is 0 Å². The lowest BCUT2D eigenvalue weighted by Crippen LogP contribution is -2.12. The molecule has 1 aliphatic carbocycles.